The van der Waals surface area contributed by atoms with Gasteiger partial charge in [-0.1, -0.05) is 6.07 Å². The smallest absolute Gasteiger partial charge is 0.307 e. The van der Waals surface area contributed by atoms with Gasteiger partial charge in [-0.3, -0.25) is 14.5 Å². The van der Waals surface area contributed by atoms with Crippen LogP contribution in [0.4, 0.5) is 0 Å². The second-order valence-electron chi connectivity index (χ2n) is 5.13. The molecule has 0 aromatic carbocycles. The Balaban J connectivity index is 1.61. The van der Waals surface area contributed by atoms with Crippen molar-refractivity contribution in [3.05, 3.63) is 47.5 Å². The summed E-state index contributed by atoms with van der Waals surface area (Å²) in [7, 11) is 0. The SMILES string of the molecule is Cc1cnn(CCC(=O)OCCCc2cccc(C)n2)c1. The number of rotatable bonds is 7. The van der Waals surface area contributed by atoms with Crippen LogP contribution in [-0.2, 0) is 22.5 Å². The van der Waals surface area contributed by atoms with E-state index < -0.39 is 0 Å². The van der Waals surface area contributed by atoms with Crippen molar-refractivity contribution in [1.82, 2.24) is 14.8 Å². The first-order chi connectivity index (χ1) is 10.1. The third-order valence-corrected chi connectivity index (χ3v) is 3.09. The maximum Gasteiger partial charge on any atom is 0.307 e. The van der Waals surface area contributed by atoms with E-state index in [4.69, 9.17) is 4.74 Å². The fourth-order valence-electron chi connectivity index (χ4n) is 2.05. The Morgan fingerprint density at radius 3 is 2.90 bits per heavy atom. The van der Waals surface area contributed by atoms with Crippen molar-refractivity contribution in [2.75, 3.05) is 6.61 Å². The predicted molar refractivity (Wildman–Crippen MR) is 79.8 cm³/mol. The van der Waals surface area contributed by atoms with Gasteiger partial charge >= 0.3 is 5.97 Å². The van der Waals surface area contributed by atoms with Gasteiger partial charge in [0.2, 0.25) is 0 Å². The highest BCUT2D eigenvalue weighted by atomic mass is 16.5. The van der Waals surface area contributed by atoms with Crippen LogP contribution < -0.4 is 0 Å². The monoisotopic (exact) mass is 287 g/mol. The van der Waals surface area contributed by atoms with Crippen molar-refractivity contribution in [3.63, 3.8) is 0 Å². The first kappa shape index (κ1) is 15.2. The molecular formula is C16H21N3O2. The van der Waals surface area contributed by atoms with E-state index in [1.165, 1.54) is 0 Å². The highest BCUT2D eigenvalue weighted by Gasteiger charge is 2.04. The molecule has 0 aliphatic carbocycles. The molecule has 2 aromatic heterocycles. The lowest BCUT2D eigenvalue weighted by Crippen LogP contribution is -2.11. The van der Waals surface area contributed by atoms with E-state index in [-0.39, 0.29) is 5.97 Å². The third kappa shape index (κ3) is 5.38. The summed E-state index contributed by atoms with van der Waals surface area (Å²) in [6.07, 6.45) is 5.66. The minimum absolute atomic E-state index is 0.180. The van der Waals surface area contributed by atoms with Crippen molar-refractivity contribution < 1.29 is 9.53 Å². The summed E-state index contributed by atoms with van der Waals surface area (Å²) in [6.45, 7) is 4.94. The average Bonchev–Trinajstić information content (AvgIpc) is 2.87. The van der Waals surface area contributed by atoms with Crippen molar-refractivity contribution >= 4 is 5.97 Å². The Morgan fingerprint density at radius 2 is 2.19 bits per heavy atom. The molecule has 5 nitrogen and oxygen atoms in total. The van der Waals surface area contributed by atoms with E-state index in [9.17, 15) is 4.79 Å². The summed E-state index contributed by atoms with van der Waals surface area (Å²) in [5.74, 6) is -0.180. The predicted octanol–water partition coefficient (Wildman–Crippen LogP) is 2.46. The van der Waals surface area contributed by atoms with Gasteiger partial charge in [-0.2, -0.15) is 5.10 Å². The Bertz CT molecular complexity index is 593. The van der Waals surface area contributed by atoms with E-state index >= 15 is 0 Å². The lowest BCUT2D eigenvalue weighted by atomic mass is 10.2. The molecule has 0 radical (unpaired) electrons. The molecule has 0 spiro atoms. The zero-order valence-corrected chi connectivity index (χ0v) is 12.6. The zero-order chi connectivity index (χ0) is 15.1. The first-order valence-corrected chi connectivity index (χ1v) is 7.21. The maximum atomic E-state index is 11.6. The van der Waals surface area contributed by atoms with Gasteiger partial charge in [0.1, 0.15) is 0 Å². The van der Waals surface area contributed by atoms with Crippen LogP contribution in [0.2, 0.25) is 0 Å². The Kier molecular flexibility index (Phi) is 5.49. The van der Waals surface area contributed by atoms with Crippen LogP contribution in [0.3, 0.4) is 0 Å². The molecule has 2 rings (SSSR count). The largest absolute Gasteiger partial charge is 0.466 e. The molecule has 0 N–H and O–H groups in total. The molecular weight excluding hydrogens is 266 g/mol. The Hall–Kier alpha value is -2.17. The highest BCUT2D eigenvalue weighted by Crippen LogP contribution is 2.02. The number of aromatic nitrogens is 3. The van der Waals surface area contributed by atoms with Gasteiger partial charge in [-0.05, 0) is 44.4 Å². The molecule has 0 fully saturated rings. The van der Waals surface area contributed by atoms with Gasteiger partial charge in [-0.15, -0.1) is 0 Å². The molecule has 0 unspecified atom stereocenters. The number of aryl methyl sites for hydroxylation is 4. The van der Waals surface area contributed by atoms with Crippen LogP contribution in [-0.4, -0.2) is 27.3 Å². The fourth-order valence-corrected chi connectivity index (χ4v) is 2.05. The second-order valence-corrected chi connectivity index (χ2v) is 5.13. The van der Waals surface area contributed by atoms with Gasteiger partial charge in [0, 0.05) is 17.6 Å². The Morgan fingerprint density at radius 1 is 1.33 bits per heavy atom. The quantitative estimate of drug-likeness (QED) is 0.580. The molecule has 0 amide bonds. The third-order valence-electron chi connectivity index (χ3n) is 3.09. The van der Waals surface area contributed by atoms with Crippen LogP contribution in [0.1, 0.15) is 29.8 Å². The topological polar surface area (TPSA) is 57.0 Å². The average molecular weight is 287 g/mol. The lowest BCUT2D eigenvalue weighted by molar-refractivity contribution is -0.144. The summed E-state index contributed by atoms with van der Waals surface area (Å²) < 4.78 is 6.97. The van der Waals surface area contributed by atoms with E-state index in [1.807, 2.05) is 38.2 Å². The fraction of sp³-hybridized carbons (Fsp3) is 0.438. The molecule has 0 saturated carbocycles. The van der Waals surface area contributed by atoms with Crippen molar-refractivity contribution in [1.29, 1.82) is 0 Å². The minimum atomic E-state index is -0.180. The van der Waals surface area contributed by atoms with Gasteiger partial charge in [-0.25, -0.2) is 0 Å². The van der Waals surface area contributed by atoms with E-state index in [0.717, 1.165) is 29.8 Å². The normalized spacial score (nSPS) is 10.6. The number of esters is 1. The van der Waals surface area contributed by atoms with Gasteiger partial charge in [0.15, 0.2) is 0 Å². The number of ether oxygens (including phenoxy) is 1. The minimum Gasteiger partial charge on any atom is -0.466 e. The van der Waals surface area contributed by atoms with E-state index in [1.54, 1.807) is 10.9 Å². The molecule has 0 saturated heterocycles. The summed E-state index contributed by atoms with van der Waals surface area (Å²) >= 11 is 0. The maximum absolute atomic E-state index is 11.6. The number of nitrogens with zero attached hydrogens (tertiary/aromatic N) is 3. The van der Waals surface area contributed by atoms with Crippen molar-refractivity contribution in [3.8, 4) is 0 Å². The van der Waals surface area contributed by atoms with E-state index in [0.29, 0.717) is 19.6 Å². The van der Waals surface area contributed by atoms with Crippen LogP contribution in [0.25, 0.3) is 0 Å². The standard InChI is InChI=1S/C16H21N3O2/c1-13-11-17-19(12-13)9-8-16(20)21-10-4-7-15-6-3-5-14(2)18-15/h3,5-6,11-12H,4,7-10H2,1-2H3. The Labute approximate surface area is 125 Å². The summed E-state index contributed by atoms with van der Waals surface area (Å²) in [6, 6.07) is 5.96. The molecule has 112 valence electrons. The summed E-state index contributed by atoms with van der Waals surface area (Å²) in [5.41, 5.74) is 3.14. The first-order valence-electron chi connectivity index (χ1n) is 7.21. The van der Waals surface area contributed by atoms with Gasteiger partial charge in [0.25, 0.3) is 0 Å². The van der Waals surface area contributed by atoms with Crippen molar-refractivity contribution in [2.45, 2.75) is 39.7 Å². The molecule has 21 heavy (non-hydrogen) atoms. The van der Waals surface area contributed by atoms with Crippen LogP contribution in [0.5, 0.6) is 0 Å². The zero-order valence-electron chi connectivity index (χ0n) is 12.6. The summed E-state index contributed by atoms with van der Waals surface area (Å²) in [4.78, 5) is 16.0. The van der Waals surface area contributed by atoms with Gasteiger partial charge < -0.3 is 4.74 Å². The number of carbonyl (C=O) groups excluding carboxylic acids is 1. The van der Waals surface area contributed by atoms with Crippen LogP contribution >= 0.6 is 0 Å². The number of pyridine rings is 1. The molecule has 2 heterocycles. The summed E-state index contributed by atoms with van der Waals surface area (Å²) in [5, 5.41) is 4.13. The lowest BCUT2D eigenvalue weighted by Gasteiger charge is -2.05. The van der Waals surface area contributed by atoms with Crippen LogP contribution in [0.15, 0.2) is 30.6 Å². The molecule has 0 bridgehead atoms. The molecule has 2 aromatic rings. The number of carbonyl (C=O) groups is 1. The molecule has 0 aliphatic heterocycles. The highest BCUT2D eigenvalue weighted by molar-refractivity contribution is 5.69. The molecule has 5 heteroatoms. The second kappa shape index (κ2) is 7.57. The number of hydrogen-bond donors (Lipinski definition) is 0. The van der Waals surface area contributed by atoms with Gasteiger partial charge in [0.05, 0.1) is 25.8 Å². The van der Waals surface area contributed by atoms with Crippen LogP contribution in [0, 0.1) is 13.8 Å². The molecule has 0 atom stereocenters. The van der Waals surface area contributed by atoms with Crippen molar-refractivity contribution in [2.24, 2.45) is 0 Å². The van der Waals surface area contributed by atoms with E-state index in [2.05, 4.69) is 10.1 Å². The number of hydrogen-bond acceptors (Lipinski definition) is 4. The molecule has 0 aliphatic rings.